The number of amides is 2. The molecule has 0 unspecified atom stereocenters. The van der Waals surface area contributed by atoms with Gasteiger partial charge in [-0.15, -0.1) is 11.3 Å². The molecule has 2 amide bonds. The number of nitrogens with zero attached hydrogens (tertiary/aromatic N) is 1. The van der Waals surface area contributed by atoms with Gasteiger partial charge >= 0.3 is 0 Å². The Morgan fingerprint density at radius 1 is 1.03 bits per heavy atom. The summed E-state index contributed by atoms with van der Waals surface area (Å²) in [7, 11) is 1.92. The molecule has 1 atom stereocenters. The normalized spacial score (nSPS) is 11.8. The molecule has 3 rings (SSSR count). The van der Waals surface area contributed by atoms with Gasteiger partial charge in [-0.1, -0.05) is 36.4 Å². The van der Waals surface area contributed by atoms with Crippen LogP contribution < -0.4 is 10.6 Å². The molecule has 0 saturated carbocycles. The first kappa shape index (κ1) is 20.8. The van der Waals surface area contributed by atoms with Gasteiger partial charge in [0.25, 0.3) is 5.91 Å². The average molecular weight is 408 g/mol. The molecule has 2 N–H and O–H groups in total. The van der Waals surface area contributed by atoms with Crippen molar-refractivity contribution in [2.75, 3.05) is 18.9 Å². The van der Waals surface area contributed by atoms with Gasteiger partial charge in [-0.25, -0.2) is 0 Å². The van der Waals surface area contributed by atoms with Gasteiger partial charge in [0.05, 0.1) is 13.1 Å². The fraction of sp³-hybridized carbons (Fsp3) is 0.217. The maximum absolute atomic E-state index is 12.4. The fourth-order valence-corrected chi connectivity index (χ4v) is 3.59. The van der Waals surface area contributed by atoms with Gasteiger partial charge in [0.15, 0.2) is 0 Å². The van der Waals surface area contributed by atoms with Crippen molar-refractivity contribution in [1.29, 1.82) is 0 Å². The summed E-state index contributed by atoms with van der Waals surface area (Å²) in [5, 5.41) is 7.88. The van der Waals surface area contributed by atoms with Crippen LogP contribution in [-0.4, -0.2) is 30.3 Å². The van der Waals surface area contributed by atoms with Crippen LogP contribution in [0.5, 0.6) is 0 Å². The van der Waals surface area contributed by atoms with Gasteiger partial charge in [-0.05, 0) is 55.2 Å². The Balaban J connectivity index is 1.57. The second kappa shape index (κ2) is 10.0. The molecule has 1 heterocycles. The highest BCUT2D eigenvalue weighted by molar-refractivity contribution is 7.09. The third kappa shape index (κ3) is 6.01. The van der Waals surface area contributed by atoms with Crippen LogP contribution in [0.3, 0.4) is 0 Å². The van der Waals surface area contributed by atoms with Gasteiger partial charge in [0, 0.05) is 22.2 Å². The van der Waals surface area contributed by atoms with Crippen molar-refractivity contribution in [2.24, 2.45) is 0 Å². The Kier molecular flexibility index (Phi) is 7.16. The lowest BCUT2D eigenvalue weighted by atomic mass is 10.1. The highest BCUT2D eigenvalue weighted by atomic mass is 32.1. The van der Waals surface area contributed by atoms with Crippen molar-refractivity contribution in [3.8, 4) is 0 Å². The number of hydrogen-bond acceptors (Lipinski definition) is 4. The predicted octanol–water partition coefficient (Wildman–Crippen LogP) is 4.31. The van der Waals surface area contributed by atoms with Gasteiger partial charge in [0.2, 0.25) is 5.91 Å². The lowest BCUT2D eigenvalue weighted by Gasteiger charge is -2.25. The van der Waals surface area contributed by atoms with E-state index in [0.29, 0.717) is 18.7 Å². The highest BCUT2D eigenvalue weighted by Gasteiger charge is 2.16. The highest BCUT2D eigenvalue weighted by Crippen LogP contribution is 2.22. The van der Waals surface area contributed by atoms with E-state index in [1.807, 2.05) is 78.8 Å². The summed E-state index contributed by atoms with van der Waals surface area (Å²) in [5.74, 6) is -0.155. The summed E-state index contributed by atoms with van der Waals surface area (Å²) in [6.45, 7) is 2.90. The van der Waals surface area contributed by atoms with E-state index in [1.165, 1.54) is 0 Å². The molecule has 0 spiro atoms. The second-order valence-electron chi connectivity index (χ2n) is 6.89. The van der Waals surface area contributed by atoms with Crippen LogP contribution in [-0.2, 0) is 11.3 Å². The molecule has 1 aromatic heterocycles. The van der Waals surface area contributed by atoms with Crippen molar-refractivity contribution < 1.29 is 9.59 Å². The summed E-state index contributed by atoms with van der Waals surface area (Å²) >= 11 is 1.63. The molecular weight excluding hydrogens is 382 g/mol. The topological polar surface area (TPSA) is 61.4 Å². The number of nitrogens with one attached hydrogen (secondary N) is 2. The Labute approximate surface area is 175 Å². The van der Waals surface area contributed by atoms with Crippen molar-refractivity contribution in [1.82, 2.24) is 10.2 Å². The van der Waals surface area contributed by atoms with Crippen LogP contribution in [0, 0.1) is 0 Å². The molecule has 5 nitrogen and oxygen atoms in total. The minimum absolute atomic E-state index is 0.0127. The lowest BCUT2D eigenvalue weighted by Crippen LogP contribution is -2.36. The monoisotopic (exact) mass is 407 g/mol. The minimum Gasteiger partial charge on any atom is -0.350 e. The first-order valence-corrected chi connectivity index (χ1v) is 10.4. The van der Waals surface area contributed by atoms with Crippen molar-refractivity contribution in [2.45, 2.75) is 19.5 Å². The first-order chi connectivity index (χ1) is 14.0. The van der Waals surface area contributed by atoms with Gasteiger partial charge < -0.3 is 10.6 Å². The lowest BCUT2D eigenvalue weighted by molar-refractivity contribution is -0.122. The molecule has 0 radical (unpaired) electrons. The second-order valence-corrected chi connectivity index (χ2v) is 7.93. The van der Waals surface area contributed by atoms with Crippen LogP contribution in [0.25, 0.3) is 0 Å². The number of carbonyl (C=O) groups excluding carboxylic acids is 2. The molecular formula is C23H25N3O2S. The largest absolute Gasteiger partial charge is 0.350 e. The van der Waals surface area contributed by atoms with E-state index in [-0.39, 0.29) is 17.9 Å². The predicted molar refractivity (Wildman–Crippen MR) is 118 cm³/mol. The van der Waals surface area contributed by atoms with E-state index in [2.05, 4.69) is 10.6 Å². The Hall–Kier alpha value is -2.96. The average Bonchev–Trinajstić information content (AvgIpc) is 3.26. The van der Waals surface area contributed by atoms with E-state index in [0.717, 1.165) is 16.1 Å². The van der Waals surface area contributed by atoms with Crippen LogP contribution in [0.1, 0.15) is 33.8 Å². The van der Waals surface area contributed by atoms with Gasteiger partial charge in [-0.3, -0.25) is 14.5 Å². The number of carbonyl (C=O) groups is 2. The summed E-state index contributed by atoms with van der Waals surface area (Å²) < 4.78 is 0. The summed E-state index contributed by atoms with van der Waals surface area (Å²) in [6, 6.07) is 20.9. The fourth-order valence-electron chi connectivity index (χ4n) is 2.94. The van der Waals surface area contributed by atoms with E-state index < -0.39 is 0 Å². The van der Waals surface area contributed by atoms with Gasteiger partial charge in [0.1, 0.15) is 0 Å². The first-order valence-electron chi connectivity index (χ1n) is 9.48. The molecule has 150 valence electrons. The third-order valence-electron chi connectivity index (χ3n) is 4.76. The third-order valence-corrected chi connectivity index (χ3v) is 5.63. The van der Waals surface area contributed by atoms with Crippen LogP contribution in [0.2, 0.25) is 0 Å². The summed E-state index contributed by atoms with van der Waals surface area (Å²) in [5.41, 5.74) is 2.38. The molecule has 0 bridgehead atoms. The number of likely N-dealkylation sites (N-methyl/N-ethyl adjacent to an activating group) is 1. The molecule has 0 saturated heterocycles. The van der Waals surface area contributed by atoms with Crippen molar-refractivity contribution in [3.63, 3.8) is 0 Å². The van der Waals surface area contributed by atoms with E-state index in [9.17, 15) is 9.59 Å². The Bertz CT molecular complexity index is 942. The van der Waals surface area contributed by atoms with Crippen molar-refractivity contribution >= 4 is 28.8 Å². The molecule has 0 aliphatic heterocycles. The van der Waals surface area contributed by atoms with Gasteiger partial charge in [-0.2, -0.15) is 0 Å². The zero-order valence-corrected chi connectivity index (χ0v) is 17.4. The molecule has 0 fully saturated rings. The Morgan fingerprint density at radius 3 is 2.55 bits per heavy atom. The number of thiophene rings is 1. The molecule has 2 aromatic carbocycles. The molecule has 0 aliphatic carbocycles. The quantitative estimate of drug-likeness (QED) is 0.585. The van der Waals surface area contributed by atoms with Crippen LogP contribution in [0.4, 0.5) is 5.69 Å². The number of benzene rings is 2. The van der Waals surface area contributed by atoms with Crippen LogP contribution in [0.15, 0.2) is 72.1 Å². The molecule has 6 heteroatoms. The van der Waals surface area contributed by atoms with E-state index in [4.69, 9.17) is 0 Å². The number of hydrogen-bond donors (Lipinski definition) is 2. The smallest absolute Gasteiger partial charge is 0.255 e. The van der Waals surface area contributed by atoms with E-state index >= 15 is 0 Å². The molecule has 0 aliphatic rings. The maximum Gasteiger partial charge on any atom is 0.255 e. The number of rotatable bonds is 8. The maximum atomic E-state index is 12.4. The Morgan fingerprint density at radius 2 is 1.83 bits per heavy atom. The van der Waals surface area contributed by atoms with Crippen molar-refractivity contribution in [3.05, 3.63) is 88.1 Å². The summed E-state index contributed by atoms with van der Waals surface area (Å²) in [4.78, 5) is 27.7. The standard InChI is InChI=1S/C23H25N3O2S/c1-17(26(2)16-22(27)24-15-21-12-7-13-29-21)19-10-6-11-20(14-19)25-23(28)18-8-4-3-5-9-18/h3-14,17H,15-16H2,1-2H3,(H,24,27)(H,25,28)/t17-/m1/s1. The zero-order chi connectivity index (χ0) is 20.6. The molecule has 29 heavy (non-hydrogen) atoms. The molecule has 3 aromatic rings. The van der Waals surface area contributed by atoms with E-state index in [1.54, 1.807) is 23.5 Å². The number of anilines is 1. The SMILES string of the molecule is C[C@H](c1cccc(NC(=O)c2ccccc2)c1)N(C)CC(=O)NCc1cccs1. The zero-order valence-electron chi connectivity index (χ0n) is 16.6. The summed E-state index contributed by atoms with van der Waals surface area (Å²) in [6.07, 6.45) is 0. The van der Waals surface area contributed by atoms with Crippen LogP contribution >= 0.6 is 11.3 Å². The minimum atomic E-state index is -0.142.